The summed E-state index contributed by atoms with van der Waals surface area (Å²) < 4.78 is 21.9. The predicted molar refractivity (Wildman–Crippen MR) is 117 cm³/mol. The molecule has 166 valence electrons. The Kier molecular flexibility index (Phi) is 5.63. The summed E-state index contributed by atoms with van der Waals surface area (Å²) in [5, 5.41) is 1.55. The number of ether oxygens (including phenoxy) is 2. The van der Waals surface area contributed by atoms with Crippen molar-refractivity contribution in [1.82, 2.24) is 19.1 Å². The number of benzene rings is 2. The summed E-state index contributed by atoms with van der Waals surface area (Å²) in [4.78, 5) is 8.95. The Morgan fingerprint density at radius 1 is 0.719 bits per heavy atom. The number of fused-ring (bicyclic) bond motifs is 3. The Hall–Kier alpha value is -3.05. The minimum Gasteiger partial charge on any atom is -0.564 e. The first kappa shape index (κ1) is 22.2. The van der Waals surface area contributed by atoms with Crippen LogP contribution in [-0.2, 0) is 35.2 Å². The second-order valence-electron chi connectivity index (χ2n) is 7.65. The first-order chi connectivity index (χ1) is 14.8. The summed E-state index contributed by atoms with van der Waals surface area (Å²) in [7, 11) is 3.92. The van der Waals surface area contributed by atoms with Crippen molar-refractivity contribution in [1.29, 1.82) is 0 Å². The molecular weight excluding hydrogens is 587 g/mol. The normalized spacial score (nSPS) is 11.2. The Morgan fingerprint density at radius 3 is 1.47 bits per heavy atom. The molecule has 2 aromatic carbocycles. The van der Waals surface area contributed by atoms with Crippen LogP contribution < -0.4 is 9.47 Å². The van der Waals surface area contributed by atoms with Crippen LogP contribution in [-0.4, -0.2) is 19.1 Å². The molecule has 5 rings (SSSR count). The van der Waals surface area contributed by atoms with Crippen LogP contribution >= 0.6 is 0 Å². The van der Waals surface area contributed by atoms with Crippen molar-refractivity contribution >= 4 is 21.9 Å². The summed E-state index contributed by atoms with van der Waals surface area (Å²) >= 11 is 0. The van der Waals surface area contributed by atoms with Crippen molar-refractivity contribution < 1.29 is 35.0 Å². The number of hydrogen-bond donors (Lipinski definition) is 0. The van der Waals surface area contributed by atoms with Crippen molar-refractivity contribution in [3.05, 3.63) is 59.4 Å². The maximum atomic E-state index is 6.01. The number of rotatable bonds is 4. The molecule has 0 fully saturated rings. The number of aryl methyl sites for hydroxylation is 2. The maximum Gasteiger partial charge on any atom is 2.00 e. The van der Waals surface area contributed by atoms with Gasteiger partial charge >= 0.3 is 21.1 Å². The second-order valence-corrected chi connectivity index (χ2v) is 7.65. The SMILES string of the molecule is Cc1nc(Oc2[c-]c3c(cc2)oc2ccc(Oc4nc(C)n(C)c4C)[c-]c23)c(C)n1C.[Pt+2]. The third kappa shape index (κ3) is 3.60. The Labute approximate surface area is 200 Å². The molecule has 32 heavy (non-hydrogen) atoms. The third-order valence-electron chi connectivity index (χ3n) is 5.77. The molecule has 0 aliphatic rings. The van der Waals surface area contributed by atoms with Crippen LogP contribution in [0.1, 0.15) is 23.0 Å². The number of furan rings is 1. The molecule has 0 N–H and O–H groups in total. The van der Waals surface area contributed by atoms with E-state index >= 15 is 0 Å². The fourth-order valence-electron chi connectivity index (χ4n) is 3.48. The molecular formula is C24H22N4O3Pt. The van der Waals surface area contributed by atoms with Crippen molar-refractivity contribution in [3.63, 3.8) is 0 Å². The molecule has 8 heteroatoms. The van der Waals surface area contributed by atoms with E-state index in [-0.39, 0.29) is 21.1 Å². The fraction of sp³-hybridized carbons (Fsp3) is 0.250. The molecule has 0 aliphatic carbocycles. The van der Waals surface area contributed by atoms with E-state index in [9.17, 15) is 0 Å². The van der Waals surface area contributed by atoms with Gasteiger partial charge in [-0.05, 0) is 38.9 Å². The van der Waals surface area contributed by atoms with Gasteiger partial charge in [0.2, 0.25) is 11.8 Å². The Bertz CT molecular complexity index is 1350. The van der Waals surface area contributed by atoms with Crippen LogP contribution in [0, 0.1) is 39.8 Å². The van der Waals surface area contributed by atoms with Gasteiger partial charge in [-0.25, -0.2) is 0 Å². The van der Waals surface area contributed by atoms with Gasteiger partial charge in [0.15, 0.2) is 0 Å². The average molecular weight is 610 g/mol. The van der Waals surface area contributed by atoms with Crippen LogP contribution in [0.15, 0.2) is 28.7 Å². The summed E-state index contributed by atoms with van der Waals surface area (Å²) in [5.41, 5.74) is 3.31. The van der Waals surface area contributed by atoms with Gasteiger partial charge in [-0.1, -0.05) is 12.1 Å². The Morgan fingerprint density at radius 2 is 1.12 bits per heavy atom. The maximum absolute atomic E-state index is 6.01. The van der Waals surface area contributed by atoms with E-state index < -0.39 is 0 Å². The summed E-state index contributed by atoms with van der Waals surface area (Å²) in [6.45, 7) is 7.83. The first-order valence-corrected chi connectivity index (χ1v) is 9.98. The average Bonchev–Trinajstić information content (AvgIpc) is 3.32. The van der Waals surface area contributed by atoms with Gasteiger partial charge in [-0.2, -0.15) is 20.7 Å². The van der Waals surface area contributed by atoms with Gasteiger partial charge in [-0.15, -0.1) is 24.3 Å². The standard InChI is InChI=1S/C24H22N4O3.Pt/c1-13-23(25-15(3)27(13)5)29-17-7-9-21-19(11-17)20-12-18(8-10-22(20)31-21)30-24-14(2)28(6)16(4)26-24;/h7-10H,1-6H3;/q-2;+2. The van der Waals surface area contributed by atoms with E-state index in [4.69, 9.17) is 13.9 Å². The zero-order chi connectivity index (χ0) is 21.9. The minimum atomic E-state index is 0. The smallest absolute Gasteiger partial charge is 0.564 e. The number of nitrogens with zero attached hydrogens (tertiary/aromatic N) is 4. The molecule has 3 heterocycles. The topological polar surface area (TPSA) is 67.2 Å². The van der Waals surface area contributed by atoms with E-state index in [1.807, 2.05) is 75.2 Å². The van der Waals surface area contributed by atoms with Crippen molar-refractivity contribution in [2.24, 2.45) is 14.1 Å². The Balaban J connectivity index is 0.00000245. The van der Waals surface area contributed by atoms with Crippen LogP contribution in [0.3, 0.4) is 0 Å². The monoisotopic (exact) mass is 609 g/mol. The number of hydrogen-bond acceptors (Lipinski definition) is 5. The molecule has 7 nitrogen and oxygen atoms in total. The van der Waals surface area contributed by atoms with Gasteiger partial charge in [-0.3, -0.25) is 0 Å². The molecule has 0 bridgehead atoms. The molecule has 0 atom stereocenters. The third-order valence-corrected chi connectivity index (χ3v) is 5.77. The van der Waals surface area contributed by atoms with Crippen molar-refractivity contribution in [2.75, 3.05) is 0 Å². The van der Waals surface area contributed by atoms with Crippen molar-refractivity contribution in [3.8, 4) is 23.3 Å². The molecule has 0 saturated carbocycles. The molecule has 3 aromatic heterocycles. The molecule has 0 unspecified atom stereocenters. The van der Waals surface area contributed by atoms with E-state index in [0.717, 1.165) is 33.8 Å². The number of imidazole rings is 2. The minimum absolute atomic E-state index is 0. The van der Waals surface area contributed by atoms with Crippen LogP contribution in [0.25, 0.3) is 21.9 Å². The zero-order valence-electron chi connectivity index (χ0n) is 18.6. The second kappa shape index (κ2) is 8.14. The van der Waals surface area contributed by atoms with Crippen molar-refractivity contribution in [2.45, 2.75) is 27.7 Å². The molecule has 5 aromatic rings. The zero-order valence-corrected chi connectivity index (χ0v) is 20.9. The largest absolute Gasteiger partial charge is 2.00 e. The summed E-state index contributed by atoms with van der Waals surface area (Å²) in [6, 6.07) is 14.0. The molecule has 0 radical (unpaired) electrons. The van der Waals surface area contributed by atoms with E-state index in [1.54, 1.807) is 0 Å². The summed E-state index contributed by atoms with van der Waals surface area (Å²) in [6.07, 6.45) is 0. The van der Waals surface area contributed by atoms with Gasteiger partial charge in [0.05, 0.1) is 11.4 Å². The van der Waals surface area contributed by atoms with E-state index in [0.29, 0.717) is 34.4 Å². The van der Waals surface area contributed by atoms with E-state index in [1.165, 1.54) is 0 Å². The van der Waals surface area contributed by atoms with Gasteiger partial charge in [0, 0.05) is 25.6 Å². The van der Waals surface area contributed by atoms with E-state index in [2.05, 4.69) is 22.1 Å². The number of aromatic nitrogens is 4. The summed E-state index contributed by atoms with van der Waals surface area (Å²) in [5.74, 6) is 4.03. The van der Waals surface area contributed by atoms with Crippen LogP contribution in [0.5, 0.6) is 23.3 Å². The molecule has 0 aliphatic heterocycles. The molecule has 0 saturated heterocycles. The fourth-order valence-corrected chi connectivity index (χ4v) is 3.48. The quantitative estimate of drug-likeness (QED) is 0.253. The molecule has 0 spiro atoms. The van der Waals surface area contributed by atoms with Crippen LogP contribution in [0.4, 0.5) is 0 Å². The first-order valence-electron chi connectivity index (χ1n) is 9.98. The van der Waals surface area contributed by atoms with Crippen LogP contribution in [0.2, 0.25) is 0 Å². The van der Waals surface area contributed by atoms with Gasteiger partial charge in [0.1, 0.15) is 11.6 Å². The van der Waals surface area contributed by atoms with Gasteiger partial charge in [0.25, 0.3) is 0 Å². The predicted octanol–water partition coefficient (Wildman–Crippen LogP) is 5.47. The molecule has 0 amide bonds. The van der Waals surface area contributed by atoms with Gasteiger partial charge < -0.3 is 23.0 Å².